The summed E-state index contributed by atoms with van der Waals surface area (Å²) in [6.45, 7) is 9.99. The number of cyclic esters (lactones) is 2. The van der Waals surface area contributed by atoms with E-state index < -0.39 is 47.4 Å². The van der Waals surface area contributed by atoms with Gasteiger partial charge in [-0.3, -0.25) is 0 Å². The van der Waals surface area contributed by atoms with E-state index in [2.05, 4.69) is 22.5 Å². The Kier molecular flexibility index (Phi) is 9.73. The first-order chi connectivity index (χ1) is 16.7. The van der Waals surface area contributed by atoms with Crippen molar-refractivity contribution in [2.75, 3.05) is 0 Å². The van der Waals surface area contributed by atoms with Crippen molar-refractivity contribution in [3.8, 4) is 11.8 Å². The van der Waals surface area contributed by atoms with Gasteiger partial charge in [-0.1, -0.05) is 24.3 Å². The van der Waals surface area contributed by atoms with Crippen molar-refractivity contribution in [2.24, 2.45) is 0 Å². The number of hydrogen-bond donors (Lipinski definition) is 2. The van der Waals surface area contributed by atoms with Crippen LogP contribution < -0.4 is 10.6 Å². The summed E-state index contributed by atoms with van der Waals surface area (Å²) in [5.41, 5.74) is -0.286. The number of amides is 2. The monoisotopic (exact) mass is 502 g/mol. The Balaban J connectivity index is 2.28. The smallest absolute Gasteiger partial charge is 0.408 e. The Bertz CT molecular complexity index is 948. The number of hydrogen-bond acceptors (Lipinski definition) is 8. The molecular formula is C26H34N2O8. The number of carbonyl (C=O) groups excluding carboxylic acids is 4. The van der Waals surface area contributed by atoms with Crippen LogP contribution in [0.3, 0.4) is 0 Å². The molecule has 0 aromatic heterocycles. The largest absolute Gasteiger partial charge is 0.459 e. The lowest BCUT2D eigenvalue weighted by atomic mass is 10.1. The summed E-state index contributed by atoms with van der Waals surface area (Å²) in [5.74, 6) is 4.13. The molecule has 0 bridgehead atoms. The molecular weight excluding hydrogens is 468 g/mol. The van der Waals surface area contributed by atoms with Crippen molar-refractivity contribution in [2.45, 2.75) is 90.9 Å². The molecule has 0 aliphatic carbocycles. The zero-order valence-electron chi connectivity index (χ0n) is 21.6. The molecule has 2 N–H and O–H groups in total. The third kappa shape index (κ3) is 10.3. The Labute approximate surface area is 211 Å². The fourth-order valence-corrected chi connectivity index (χ4v) is 2.97. The second-order valence-corrected chi connectivity index (χ2v) is 10.1. The van der Waals surface area contributed by atoms with Crippen molar-refractivity contribution in [1.29, 1.82) is 0 Å². The van der Waals surface area contributed by atoms with E-state index >= 15 is 0 Å². The maximum Gasteiger partial charge on any atom is 0.408 e. The molecule has 36 heavy (non-hydrogen) atoms. The second kappa shape index (κ2) is 12.3. The van der Waals surface area contributed by atoms with Gasteiger partial charge >= 0.3 is 24.1 Å². The summed E-state index contributed by atoms with van der Waals surface area (Å²) < 4.78 is 21.3. The van der Waals surface area contributed by atoms with E-state index in [9.17, 15) is 19.2 Å². The maximum atomic E-state index is 12.8. The second-order valence-electron chi connectivity index (χ2n) is 10.1. The minimum atomic E-state index is -1.10. The van der Waals surface area contributed by atoms with Crippen molar-refractivity contribution >= 4 is 24.1 Å². The van der Waals surface area contributed by atoms with Gasteiger partial charge in [0, 0.05) is 12.8 Å². The lowest BCUT2D eigenvalue weighted by molar-refractivity contribution is -0.149. The van der Waals surface area contributed by atoms with E-state index in [0.717, 1.165) is 0 Å². The Morgan fingerprint density at radius 2 is 1.14 bits per heavy atom. The number of fused-ring (bicyclic) bond motifs is 1. The lowest BCUT2D eigenvalue weighted by Crippen LogP contribution is -2.44. The van der Waals surface area contributed by atoms with E-state index in [1.54, 1.807) is 65.8 Å². The van der Waals surface area contributed by atoms with Crippen LogP contribution in [0.4, 0.5) is 9.59 Å². The number of alkyl carbamates (subject to hydrolysis) is 2. The van der Waals surface area contributed by atoms with Crippen molar-refractivity contribution in [3.05, 3.63) is 35.4 Å². The standard InChI is InChI=1S/C26H34N2O8/c1-25(2,3)35-23(31)27-19-13-9-10-14-20(28-24(32)36-26(4,5)6)22(30)34-16-18-12-8-7-11-17(18)15-33-21(19)29/h7-8,11-12,19-20H,13-16H2,1-6H3,(H,27,31)(H,28,32)/t19-,20?/m1/s1. The first-order valence-electron chi connectivity index (χ1n) is 11.6. The third-order valence-corrected chi connectivity index (χ3v) is 4.55. The minimum Gasteiger partial charge on any atom is -0.459 e. The van der Waals surface area contributed by atoms with E-state index in [1.807, 2.05) is 0 Å². The summed E-state index contributed by atoms with van der Waals surface area (Å²) in [7, 11) is 0. The van der Waals surface area contributed by atoms with Crippen LogP contribution in [-0.4, -0.2) is 47.4 Å². The summed E-state index contributed by atoms with van der Waals surface area (Å²) >= 11 is 0. The molecule has 1 aliphatic rings. The van der Waals surface area contributed by atoms with Gasteiger partial charge in [0.2, 0.25) is 0 Å². The highest BCUT2D eigenvalue weighted by molar-refractivity contribution is 5.82. The van der Waals surface area contributed by atoms with Gasteiger partial charge in [0.25, 0.3) is 0 Å². The maximum absolute atomic E-state index is 12.8. The Hall–Kier alpha value is -3.74. The number of benzene rings is 1. The van der Waals surface area contributed by atoms with Gasteiger partial charge in [0.1, 0.15) is 36.5 Å². The number of esters is 2. The third-order valence-electron chi connectivity index (χ3n) is 4.55. The molecule has 10 heteroatoms. The molecule has 2 atom stereocenters. The molecule has 1 aromatic rings. The number of ether oxygens (including phenoxy) is 4. The first-order valence-corrected chi connectivity index (χ1v) is 11.6. The Morgan fingerprint density at radius 1 is 0.778 bits per heavy atom. The zero-order chi connectivity index (χ0) is 26.9. The van der Waals surface area contributed by atoms with Gasteiger partial charge in [-0.2, -0.15) is 0 Å². The number of nitrogens with one attached hydrogen (secondary N) is 2. The zero-order valence-corrected chi connectivity index (χ0v) is 21.6. The molecule has 1 aliphatic heterocycles. The molecule has 0 radical (unpaired) electrons. The van der Waals surface area contributed by atoms with E-state index in [-0.39, 0.29) is 26.1 Å². The fraction of sp³-hybridized carbons (Fsp3) is 0.538. The highest BCUT2D eigenvalue weighted by Crippen LogP contribution is 2.15. The summed E-state index contributed by atoms with van der Waals surface area (Å²) in [4.78, 5) is 50.1. The van der Waals surface area contributed by atoms with Crippen LogP contribution in [0.1, 0.15) is 65.5 Å². The predicted octanol–water partition coefficient (Wildman–Crippen LogP) is 3.36. The highest BCUT2D eigenvalue weighted by atomic mass is 16.6. The summed E-state index contributed by atoms with van der Waals surface area (Å²) in [5, 5.41) is 4.97. The fourth-order valence-electron chi connectivity index (χ4n) is 2.97. The van der Waals surface area contributed by atoms with Crippen LogP contribution in [-0.2, 0) is 41.8 Å². The average molecular weight is 503 g/mol. The molecule has 2 rings (SSSR count). The molecule has 1 aromatic carbocycles. The van der Waals surface area contributed by atoms with Crippen LogP contribution in [0.25, 0.3) is 0 Å². The minimum absolute atomic E-state index is 0.103. The molecule has 196 valence electrons. The molecule has 0 saturated heterocycles. The van der Waals surface area contributed by atoms with Gasteiger partial charge in [-0.25, -0.2) is 19.2 Å². The van der Waals surface area contributed by atoms with Gasteiger partial charge in [-0.15, -0.1) is 11.8 Å². The highest BCUT2D eigenvalue weighted by Gasteiger charge is 2.27. The van der Waals surface area contributed by atoms with Crippen LogP contribution in [0.2, 0.25) is 0 Å². The first kappa shape index (κ1) is 28.5. The van der Waals surface area contributed by atoms with Gasteiger partial charge in [0.15, 0.2) is 0 Å². The molecule has 1 unspecified atom stereocenters. The molecule has 10 nitrogen and oxygen atoms in total. The topological polar surface area (TPSA) is 129 Å². The van der Waals surface area contributed by atoms with Crippen LogP contribution in [0.15, 0.2) is 24.3 Å². The Morgan fingerprint density at radius 3 is 1.47 bits per heavy atom. The normalized spacial score (nSPS) is 19.2. The van der Waals surface area contributed by atoms with Gasteiger partial charge < -0.3 is 29.6 Å². The van der Waals surface area contributed by atoms with E-state index in [1.165, 1.54) is 0 Å². The molecule has 1 heterocycles. The van der Waals surface area contributed by atoms with Gasteiger partial charge in [0.05, 0.1) is 0 Å². The number of rotatable bonds is 2. The van der Waals surface area contributed by atoms with Crippen molar-refractivity contribution in [3.63, 3.8) is 0 Å². The van der Waals surface area contributed by atoms with Gasteiger partial charge in [-0.05, 0) is 52.7 Å². The summed E-state index contributed by atoms with van der Waals surface area (Å²) in [6, 6.07) is 4.76. The lowest BCUT2D eigenvalue weighted by Gasteiger charge is -2.23. The van der Waals surface area contributed by atoms with Crippen LogP contribution >= 0.6 is 0 Å². The van der Waals surface area contributed by atoms with E-state index in [0.29, 0.717) is 11.1 Å². The SMILES string of the molecule is CC(C)(C)OC(=O)NC1CC#CC[C@@H](NC(=O)OC(C)(C)C)C(=O)OCc2ccccc2COC1=O. The van der Waals surface area contributed by atoms with Crippen molar-refractivity contribution in [1.82, 2.24) is 10.6 Å². The number of carbonyl (C=O) groups is 4. The quantitative estimate of drug-likeness (QED) is 0.358. The predicted molar refractivity (Wildman–Crippen MR) is 129 cm³/mol. The molecule has 0 saturated carbocycles. The molecule has 0 fully saturated rings. The summed E-state index contributed by atoms with van der Waals surface area (Å²) in [6.07, 6.45) is -1.79. The molecule has 2 amide bonds. The van der Waals surface area contributed by atoms with Crippen molar-refractivity contribution < 1.29 is 38.1 Å². The molecule has 0 spiro atoms. The van der Waals surface area contributed by atoms with Crippen LogP contribution in [0, 0.1) is 11.8 Å². The van der Waals surface area contributed by atoms with Crippen LogP contribution in [0.5, 0.6) is 0 Å². The van der Waals surface area contributed by atoms with E-state index in [4.69, 9.17) is 18.9 Å². The average Bonchev–Trinajstić information content (AvgIpc) is 2.74.